The predicted octanol–water partition coefficient (Wildman–Crippen LogP) is 2.60. The maximum absolute atomic E-state index is 11.1. The van der Waals surface area contributed by atoms with Crippen LogP contribution in [-0.2, 0) is 4.74 Å². The second-order valence-electron chi connectivity index (χ2n) is 4.11. The zero-order valence-corrected chi connectivity index (χ0v) is 10.9. The van der Waals surface area contributed by atoms with Gasteiger partial charge in [0.05, 0.1) is 12.2 Å². The summed E-state index contributed by atoms with van der Waals surface area (Å²) < 4.78 is 6.05. The minimum atomic E-state index is -0.920. The fraction of sp³-hybridized carbons (Fsp3) is 0.417. The number of ether oxygens (including phenoxy) is 1. The van der Waals surface area contributed by atoms with Crippen molar-refractivity contribution in [3.8, 4) is 0 Å². The zero-order chi connectivity index (χ0) is 12.3. The van der Waals surface area contributed by atoms with Crippen molar-refractivity contribution >= 4 is 27.6 Å². The molecule has 2 rings (SSSR count). The normalized spacial score (nSPS) is 19.2. The molecule has 1 saturated heterocycles. The molecule has 1 aliphatic heterocycles. The second kappa shape index (κ2) is 5.51. The smallest absolute Gasteiger partial charge is 0.337 e. The summed E-state index contributed by atoms with van der Waals surface area (Å²) in [4.78, 5) is 11.1. The van der Waals surface area contributed by atoms with Gasteiger partial charge in [0.25, 0.3) is 0 Å². The van der Waals surface area contributed by atoms with E-state index >= 15 is 0 Å². The summed E-state index contributed by atoms with van der Waals surface area (Å²) in [6, 6.07) is 5.22. The number of benzene rings is 1. The molecular formula is C12H14BrNO3. The van der Waals surface area contributed by atoms with Gasteiger partial charge >= 0.3 is 5.97 Å². The number of nitrogens with one attached hydrogen (secondary N) is 1. The summed E-state index contributed by atoms with van der Waals surface area (Å²) in [5.41, 5.74) is 0.950. The van der Waals surface area contributed by atoms with Crippen LogP contribution in [-0.4, -0.2) is 30.8 Å². The zero-order valence-electron chi connectivity index (χ0n) is 9.28. The molecule has 1 aliphatic rings. The molecule has 0 amide bonds. The van der Waals surface area contributed by atoms with Gasteiger partial charge < -0.3 is 15.2 Å². The maximum atomic E-state index is 11.1. The van der Waals surface area contributed by atoms with E-state index in [0.29, 0.717) is 17.2 Å². The van der Waals surface area contributed by atoms with E-state index in [-0.39, 0.29) is 0 Å². The number of carboxylic acids is 1. The molecule has 17 heavy (non-hydrogen) atoms. The van der Waals surface area contributed by atoms with E-state index in [4.69, 9.17) is 9.84 Å². The van der Waals surface area contributed by atoms with Crippen LogP contribution in [0.25, 0.3) is 0 Å². The Kier molecular flexibility index (Phi) is 4.02. The van der Waals surface area contributed by atoms with Gasteiger partial charge in [0.15, 0.2) is 0 Å². The Bertz CT molecular complexity index is 416. The average Bonchev–Trinajstić information content (AvgIpc) is 2.80. The molecule has 1 heterocycles. The Hall–Kier alpha value is -1.07. The van der Waals surface area contributed by atoms with E-state index in [9.17, 15) is 4.79 Å². The average molecular weight is 300 g/mol. The molecule has 0 radical (unpaired) electrons. The topological polar surface area (TPSA) is 58.6 Å². The lowest BCUT2D eigenvalue weighted by atomic mass is 10.1. The molecule has 0 saturated carbocycles. The lowest BCUT2D eigenvalue weighted by molar-refractivity contribution is 0.0698. The Morgan fingerprint density at radius 1 is 1.59 bits per heavy atom. The van der Waals surface area contributed by atoms with Crippen LogP contribution in [0.5, 0.6) is 0 Å². The van der Waals surface area contributed by atoms with Crippen LogP contribution in [0.1, 0.15) is 16.8 Å². The molecule has 2 N–H and O–H groups in total. The van der Waals surface area contributed by atoms with Crippen LogP contribution in [0.2, 0.25) is 0 Å². The number of carboxylic acid groups (broad SMARTS) is 1. The van der Waals surface area contributed by atoms with E-state index in [2.05, 4.69) is 21.2 Å². The Morgan fingerprint density at radius 2 is 2.41 bits per heavy atom. The first-order valence-corrected chi connectivity index (χ1v) is 6.30. The Balaban J connectivity index is 2.06. The standard InChI is InChI=1S/C12H14BrNO3/c13-9-1-2-11(10(5-9)12(15)16)14-6-8-3-4-17-7-8/h1-2,5,8,14H,3-4,6-7H2,(H,15,16). The largest absolute Gasteiger partial charge is 0.478 e. The summed E-state index contributed by atoms with van der Waals surface area (Å²) >= 11 is 3.27. The van der Waals surface area contributed by atoms with Crippen LogP contribution in [0.3, 0.4) is 0 Å². The summed E-state index contributed by atoms with van der Waals surface area (Å²) in [7, 11) is 0. The van der Waals surface area contributed by atoms with Gasteiger partial charge in [-0.2, -0.15) is 0 Å². The lowest BCUT2D eigenvalue weighted by Crippen LogP contribution is -2.16. The molecule has 0 aromatic heterocycles. The number of rotatable bonds is 4. The molecule has 1 aromatic rings. The number of anilines is 1. The minimum absolute atomic E-state index is 0.290. The molecule has 1 fully saturated rings. The quantitative estimate of drug-likeness (QED) is 0.897. The van der Waals surface area contributed by atoms with E-state index in [1.165, 1.54) is 0 Å². The highest BCUT2D eigenvalue weighted by molar-refractivity contribution is 9.10. The lowest BCUT2D eigenvalue weighted by Gasteiger charge is -2.13. The van der Waals surface area contributed by atoms with Crippen molar-refractivity contribution in [3.63, 3.8) is 0 Å². The van der Waals surface area contributed by atoms with Gasteiger partial charge in [-0.15, -0.1) is 0 Å². The highest BCUT2D eigenvalue weighted by atomic mass is 79.9. The molecule has 5 heteroatoms. The first-order valence-electron chi connectivity index (χ1n) is 5.51. The highest BCUT2D eigenvalue weighted by Gasteiger charge is 2.17. The van der Waals surface area contributed by atoms with Gasteiger partial charge in [-0.3, -0.25) is 0 Å². The van der Waals surface area contributed by atoms with Gasteiger partial charge in [0, 0.05) is 29.2 Å². The van der Waals surface area contributed by atoms with Crippen molar-refractivity contribution < 1.29 is 14.6 Å². The molecule has 0 aliphatic carbocycles. The van der Waals surface area contributed by atoms with Crippen molar-refractivity contribution in [3.05, 3.63) is 28.2 Å². The number of aromatic carboxylic acids is 1. The van der Waals surface area contributed by atoms with E-state index in [1.807, 2.05) is 6.07 Å². The third-order valence-electron chi connectivity index (χ3n) is 2.82. The van der Waals surface area contributed by atoms with E-state index in [0.717, 1.165) is 30.7 Å². The number of halogens is 1. The fourth-order valence-electron chi connectivity index (χ4n) is 1.85. The van der Waals surface area contributed by atoms with Gasteiger partial charge in [0.1, 0.15) is 0 Å². The van der Waals surface area contributed by atoms with E-state index < -0.39 is 5.97 Å². The molecule has 1 aromatic carbocycles. The van der Waals surface area contributed by atoms with Crippen LogP contribution >= 0.6 is 15.9 Å². The molecular weight excluding hydrogens is 286 g/mol. The van der Waals surface area contributed by atoms with Crippen LogP contribution in [0, 0.1) is 5.92 Å². The first-order chi connectivity index (χ1) is 8.16. The van der Waals surface area contributed by atoms with Crippen molar-refractivity contribution in [1.29, 1.82) is 0 Å². The number of carbonyl (C=O) groups is 1. The van der Waals surface area contributed by atoms with E-state index in [1.54, 1.807) is 12.1 Å². The van der Waals surface area contributed by atoms with Gasteiger partial charge in [-0.1, -0.05) is 15.9 Å². The minimum Gasteiger partial charge on any atom is -0.478 e. The first kappa shape index (κ1) is 12.4. The summed E-state index contributed by atoms with van der Waals surface area (Å²) in [5, 5.41) is 12.3. The highest BCUT2D eigenvalue weighted by Crippen LogP contribution is 2.22. The van der Waals surface area contributed by atoms with Crippen molar-refractivity contribution in [1.82, 2.24) is 0 Å². The summed E-state index contributed by atoms with van der Waals surface area (Å²) in [6.07, 6.45) is 1.03. The van der Waals surface area contributed by atoms with Crippen LogP contribution < -0.4 is 5.32 Å². The SMILES string of the molecule is O=C(O)c1cc(Br)ccc1NCC1CCOC1. The number of hydrogen-bond acceptors (Lipinski definition) is 3. The summed E-state index contributed by atoms with van der Waals surface area (Å²) in [5.74, 6) is -0.447. The second-order valence-corrected chi connectivity index (χ2v) is 5.02. The van der Waals surface area contributed by atoms with Crippen molar-refractivity contribution in [2.24, 2.45) is 5.92 Å². The molecule has 0 bridgehead atoms. The predicted molar refractivity (Wildman–Crippen MR) is 68.5 cm³/mol. The van der Waals surface area contributed by atoms with Crippen molar-refractivity contribution in [2.45, 2.75) is 6.42 Å². The fourth-order valence-corrected chi connectivity index (χ4v) is 2.21. The molecule has 1 atom stereocenters. The third kappa shape index (κ3) is 3.20. The van der Waals surface area contributed by atoms with Gasteiger partial charge in [-0.05, 0) is 24.6 Å². The maximum Gasteiger partial charge on any atom is 0.337 e. The Labute approximate surface area is 108 Å². The summed E-state index contributed by atoms with van der Waals surface area (Å²) in [6.45, 7) is 2.31. The van der Waals surface area contributed by atoms with Crippen LogP contribution in [0.15, 0.2) is 22.7 Å². The molecule has 0 spiro atoms. The molecule has 1 unspecified atom stereocenters. The third-order valence-corrected chi connectivity index (χ3v) is 3.31. The van der Waals surface area contributed by atoms with Crippen LogP contribution in [0.4, 0.5) is 5.69 Å². The van der Waals surface area contributed by atoms with Gasteiger partial charge in [0.2, 0.25) is 0 Å². The molecule has 4 nitrogen and oxygen atoms in total. The molecule has 92 valence electrons. The number of hydrogen-bond donors (Lipinski definition) is 2. The Morgan fingerprint density at radius 3 is 3.06 bits per heavy atom. The monoisotopic (exact) mass is 299 g/mol. The van der Waals surface area contributed by atoms with Crippen molar-refractivity contribution in [2.75, 3.05) is 25.1 Å². The van der Waals surface area contributed by atoms with Gasteiger partial charge in [-0.25, -0.2) is 4.79 Å².